The molecular weight excluding hydrogens is 641 g/mol. The molecule has 1 N–H and O–H groups in total. The van der Waals surface area contributed by atoms with E-state index in [-0.39, 0.29) is 12.5 Å². The van der Waals surface area contributed by atoms with Crippen LogP contribution in [0.5, 0.6) is 5.75 Å². The van der Waals surface area contributed by atoms with Crippen LogP contribution in [0.15, 0.2) is 146 Å². The van der Waals surface area contributed by atoms with Crippen LogP contribution in [0.2, 0.25) is 0 Å². The van der Waals surface area contributed by atoms with Crippen molar-refractivity contribution in [2.45, 2.75) is 19.4 Å². The standard InChI is InChI=1S/C19H21NO4.3C6H5.Sn.H/c1-3-24-19(22)17(13-14-9-11-16(23-2)12-10-14)20-18(21)15-7-5-4-6-8-15;3*1-2-4-6-5-3-1;;/h4-12,17H,3,13H2,1-2H3,(H,20,21);3*1-5H;;. The first-order valence-corrected chi connectivity index (χ1v) is 19.3. The van der Waals surface area contributed by atoms with Gasteiger partial charge in [0.2, 0.25) is 0 Å². The Balaban J connectivity index is 0.000000202. The maximum absolute atomic E-state index is 12.3. The number of carbonyl (C=O) groups is 2. The average Bonchev–Trinajstić information content (AvgIpc) is 3.07. The van der Waals surface area contributed by atoms with Crippen LogP contribution < -0.4 is 20.8 Å². The Kier molecular flexibility index (Phi) is 12.4. The molecule has 0 heterocycles. The fourth-order valence-electron chi connectivity index (χ4n) is 4.78. The molecule has 0 saturated heterocycles. The molecule has 0 radical (unpaired) electrons. The Labute approximate surface area is 261 Å². The molecule has 1 atom stereocenters. The molecule has 0 spiro atoms. The van der Waals surface area contributed by atoms with Crippen LogP contribution >= 0.6 is 0 Å². The van der Waals surface area contributed by atoms with Crippen molar-refractivity contribution in [2.75, 3.05) is 13.7 Å². The summed E-state index contributed by atoms with van der Waals surface area (Å²) in [5.74, 6) is -0.0143. The Morgan fingerprint density at radius 2 is 1.09 bits per heavy atom. The minimum atomic E-state index is -2.14. The van der Waals surface area contributed by atoms with E-state index in [0.29, 0.717) is 12.0 Å². The first-order valence-electron chi connectivity index (χ1n) is 14.4. The Hall–Kier alpha value is -4.36. The zero-order valence-corrected chi connectivity index (χ0v) is 27.9. The number of hydrogen-bond acceptors (Lipinski definition) is 4. The number of benzene rings is 5. The van der Waals surface area contributed by atoms with Crippen molar-refractivity contribution in [1.29, 1.82) is 0 Å². The van der Waals surface area contributed by atoms with Crippen molar-refractivity contribution in [2.24, 2.45) is 0 Å². The Morgan fingerprint density at radius 1 is 0.651 bits per heavy atom. The summed E-state index contributed by atoms with van der Waals surface area (Å²) in [6, 6.07) is 48.4. The third-order valence-corrected chi connectivity index (χ3v) is 15.9. The number of hydrogen-bond donors (Lipinski definition) is 1. The van der Waals surface area contributed by atoms with Crippen LogP contribution in [0, 0.1) is 0 Å². The third kappa shape index (κ3) is 9.58. The normalized spacial score (nSPS) is 11.0. The van der Waals surface area contributed by atoms with Gasteiger partial charge in [-0.15, -0.1) is 0 Å². The van der Waals surface area contributed by atoms with Crippen molar-refractivity contribution in [1.82, 2.24) is 5.32 Å². The second-order valence-corrected chi connectivity index (χ2v) is 18.0. The number of esters is 1. The van der Waals surface area contributed by atoms with Crippen LogP contribution in [0.3, 0.4) is 0 Å². The molecule has 0 fully saturated rings. The fraction of sp³-hybridized carbons (Fsp3) is 0.135. The molecule has 0 aliphatic rings. The third-order valence-electron chi connectivity index (χ3n) is 6.91. The zero-order chi connectivity index (χ0) is 30.3. The number of rotatable bonds is 10. The molecule has 0 aromatic heterocycles. The van der Waals surface area contributed by atoms with Gasteiger partial charge in [0.05, 0.1) is 13.7 Å². The van der Waals surface area contributed by atoms with Crippen molar-refractivity contribution in [3.63, 3.8) is 0 Å². The van der Waals surface area contributed by atoms with Gasteiger partial charge in [0, 0.05) is 12.0 Å². The van der Waals surface area contributed by atoms with Crippen LogP contribution in [0.25, 0.3) is 0 Å². The van der Waals surface area contributed by atoms with E-state index in [4.69, 9.17) is 9.47 Å². The van der Waals surface area contributed by atoms with Crippen molar-refractivity contribution in [3.8, 4) is 5.75 Å². The van der Waals surface area contributed by atoms with Gasteiger partial charge in [-0.05, 0) is 36.8 Å². The molecule has 0 aliphatic carbocycles. The van der Waals surface area contributed by atoms with Crippen LogP contribution in [-0.2, 0) is 16.0 Å². The van der Waals surface area contributed by atoms with E-state index in [1.165, 1.54) is 0 Å². The number of nitrogens with one attached hydrogen (secondary N) is 1. The summed E-state index contributed by atoms with van der Waals surface area (Å²) in [7, 11) is 1.59. The number of ether oxygens (including phenoxy) is 2. The van der Waals surface area contributed by atoms with Crippen molar-refractivity contribution >= 4 is 42.4 Å². The van der Waals surface area contributed by atoms with Gasteiger partial charge in [0.1, 0.15) is 11.8 Å². The molecule has 0 aliphatic heterocycles. The first-order chi connectivity index (χ1) is 21.1. The van der Waals surface area contributed by atoms with E-state index in [0.717, 1.165) is 11.3 Å². The quantitative estimate of drug-likeness (QED) is 0.174. The minimum absolute atomic E-state index is 0.263. The predicted molar refractivity (Wildman–Crippen MR) is 176 cm³/mol. The number of carbonyl (C=O) groups excluding carboxylic acids is 2. The van der Waals surface area contributed by atoms with E-state index < -0.39 is 31.8 Å². The summed E-state index contributed by atoms with van der Waals surface area (Å²) in [6.07, 6.45) is 0.349. The first kappa shape index (κ1) is 31.6. The molecule has 6 heteroatoms. The number of methoxy groups -OCH3 is 1. The summed E-state index contributed by atoms with van der Waals surface area (Å²) < 4.78 is 14.8. The average molecular weight is 678 g/mol. The second-order valence-electron chi connectivity index (χ2n) is 9.86. The van der Waals surface area contributed by atoms with Crippen molar-refractivity contribution < 1.29 is 19.1 Å². The molecule has 43 heavy (non-hydrogen) atoms. The van der Waals surface area contributed by atoms with E-state index in [2.05, 4.69) is 96.3 Å². The predicted octanol–water partition coefficient (Wildman–Crippen LogP) is 4.53. The molecule has 218 valence electrons. The summed E-state index contributed by atoms with van der Waals surface area (Å²) in [5.41, 5.74) is 1.41. The van der Waals surface area contributed by atoms with E-state index in [1.807, 2.05) is 30.3 Å². The second kappa shape index (κ2) is 16.9. The molecule has 5 aromatic rings. The van der Waals surface area contributed by atoms with Gasteiger partial charge in [-0.25, -0.2) is 4.79 Å². The van der Waals surface area contributed by atoms with E-state index in [9.17, 15) is 9.59 Å². The van der Waals surface area contributed by atoms with Gasteiger partial charge in [0.25, 0.3) is 5.91 Å². The molecule has 5 nitrogen and oxygen atoms in total. The summed E-state index contributed by atoms with van der Waals surface area (Å²) in [4.78, 5) is 24.5. The summed E-state index contributed by atoms with van der Waals surface area (Å²) in [6.45, 7) is 2.00. The molecular formula is C37H37NO4Sn. The molecule has 0 bridgehead atoms. The van der Waals surface area contributed by atoms with Gasteiger partial charge in [-0.1, -0.05) is 30.3 Å². The monoisotopic (exact) mass is 679 g/mol. The van der Waals surface area contributed by atoms with Crippen molar-refractivity contribution in [3.05, 3.63) is 157 Å². The fourth-order valence-corrected chi connectivity index (χ4v) is 13.3. The maximum atomic E-state index is 12.3. The molecule has 5 rings (SSSR count). The SMILES string of the molecule is CCOC(=O)C(Cc1ccc(OC)cc1)NC(=O)c1ccccc1.c1cc[c]([SnH]([c]2ccccc2)[c]2ccccc2)cc1. The Bertz CT molecular complexity index is 1440. The molecule has 5 aromatic carbocycles. The summed E-state index contributed by atoms with van der Waals surface area (Å²) in [5, 5.41) is 2.75. The van der Waals surface area contributed by atoms with Crippen LogP contribution in [0.4, 0.5) is 0 Å². The van der Waals surface area contributed by atoms with Gasteiger partial charge < -0.3 is 14.8 Å². The molecule has 1 amide bonds. The topological polar surface area (TPSA) is 64.6 Å². The molecule has 1 unspecified atom stereocenters. The Morgan fingerprint density at radius 3 is 1.51 bits per heavy atom. The van der Waals surface area contributed by atoms with E-state index in [1.54, 1.807) is 49.0 Å². The van der Waals surface area contributed by atoms with Gasteiger partial charge in [-0.3, -0.25) is 4.79 Å². The van der Waals surface area contributed by atoms with Gasteiger partial charge in [-0.2, -0.15) is 0 Å². The molecule has 0 saturated carbocycles. The van der Waals surface area contributed by atoms with Crippen LogP contribution in [-0.4, -0.2) is 51.4 Å². The van der Waals surface area contributed by atoms with Gasteiger partial charge >= 0.3 is 127 Å². The van der Waals surface area contributed by atoms with Crippen LogP contribution in [0.1, 0.15) is 22.8 Å². The van der Waals surface area contributed by atoms with E-state index >= 15 is 0 Å². The number of amides is 1. The summed E-state index contributed by atoms with van der Waals surface area (Å²) >= 11 is -2.14. The van der Waals surface area contributed by atoms with Gasteiger partial charge in [0.15, 0.2) is 0 Å². The zero-order valence-electron chi connectivity index (χ0n) is 24.6.